The minimum absolute atomic E-state index is 0.145. The molecule has 1 aromatic carbocycles. The van der Waals surface area contributed by atoms with E-state index in [-0.39, 0.29) is 11.8 Å². The molecule has 0 fully saturated rings. The lowest BCUT2D eigenvalue weighted by atomic mass is 10.2. The van der Waals surface area contributed by atoms with Gasteiger partial charge in [-0.2, -0.15) is 9.76 Å². The highest BCUT2D eigenvalue weighted by Gasteiger charge is 2.18. The zero-order valence-electron chi connectivity index (χ0n) is 14.3. The van der Waals surface area contributed by atoms with Gasteiger partial charge in [0.05, 0.1) is 12.3 Å². The Bertz CT molecular complexity index is 881. The van der Waals surface area contributed by atoms with Gasteiger partial charge < -0.3 is 4.74 Å². The number of nitrogens with zero attached hydrogens (tertiary/aromatic N) is 3. The maximum absolute atomic E-state index is 12.0. The maximum atomic E-state index is 12.0. The van der Waals surface area contributed by atoms with Gasteiger partial charge in [0.25, 0.3) is 11.3 Å². The smallest absolute Gasteiger partial charge is 0.371 e. The molecule has 0 aliphatic rings. The molecule has 12 heteroatoms. The molecule has 0 aliphatic carbocycles. The van der Waals surface area contributed by atoms with Gasteiger partial charge in [-0.15, -0.1) is 9.78 Å². The average molecular weight is 404 g/mol. The molecule has 1 heterocycles. The topological polar surface area (TPSA) is 116 Å². The molecular weight excluding hydrogens is 386 g/mol. The van der Waals surface area contributed by atoms with Crippen LogP contribution in [-0.2, 0) is 22.1 Å². The Morgan fingerprint density at radius 2 is 2.12 bits per heavy atom. The number of hydroxylamine groups is 1. The van der Waals surface area contributed by atoms with Crippen molar-refractivity contribution in [3.05, 3.63) is 39.5 Å². The molecule has 2 aromatic rings. The van der Waals surface area contributed by atoms with Crippen LogP contribution in [0.3, 0.4) is 0 Å². The van der Waals surface area contributed by atoms with Crippen molar-refractivity contribution in [2.45, 2.75) is 27.3 Å². The van der Waals surface area contributed by atoms with Crippen molar-refractivity contribution in [3.63, 3.8) is 0 Å². The van der Waals surface area contributed by atoms with Gasteiger partial charge in [0.1, 0.15) is 5.75 Å². The van der Waals surface area contributed by atoms with Crippen molar-refractivity contribution >= 4 is 34.6 Å². The fourth-order valence-corrected chi connectivity index (χ4v) is 2.92. The molecule has 0 aliphatic heterocycles. The molecule has 0 radical (unpaired) electrons. The molecule has 2 rings (SSSR count). The molecule has 1 atom stereocenters. The summed E-state index contributed by atoms with van der Waals surface area (Å²) in [5, 5.41) is 3.45. The minimum atomic E-state index is -2.14. The lowest BCUT2D eigenvalue weighted by Crippen LogP contribution is -2.38. The molecule has 0 spiro atoms. The quantitative estimate of drug-likeness (QED) is 0.678. The number of hydrogen-bond donors (Lipinski definition) is 2. The Kier molecular flexibility index (Phi) is 6.77. The van der Waals surface area contributed by atoms with E-state index in [1.165, 1.54) is 0 Å². The van der Waals surface area contributed by atoms with Gasteiger partial charge in [0.2, 0.25) is 5.28 Å². The van der Waals surface area contributed by atoms with Crippen LogP contribution in [0.4, 0.5) is 10.5 Å². The van der Waals surface area contributed by atoms with E-state index >= 15 is 0 Å². The van der Waals surface area contributed by atoms with Crippen molar-refractivity contribution in [2.24, 2.45) is 0 Å². The summed E-state index contributed by atoms with van der Waals surface area (Å²) in [5.41, 5.74) is 2.36. The van der Waals surface area contributed by atoms with Crippen molar-refractivity contribution in [2.75, 3.05) is 11.3 Å². The predicted octanol–water partition coefficient (Wildman–Crippen LogP) is 1.61. The third-order valence-electron chi connectivity index (χ3n) is 3.25. The van der Waals surface area contributed by atoms with E-state index in [4.69, 9.17) is 20.6 Å². The molecule has 0 saturated heterocycles. The summed E-state index contributed by atoms with van der Waals surface area (Å²) in [4.78, 5) is 23.9. The summed E-state index contributed by atoms with van der Waals surface area (Å²) < 4.78 is 26.4. The number of amides is 1. The summed E-state index contributed by atoms with van der Waals surface area (Å²) >= 11 is 3.61. The average Bonchev–Trinajstić information content (AvgIpc) is 2.90. The molecular formula is C14H18ClN5O5S. The van der Waals surface area contributed by atoms with Crippen molar-refractivity contribution in [1.82, 2.24) is 19.8 Å². The summed E-state index contributed by atoms with van der Waals surface area (Å²) in [7, 11) is 0. The number of para-hydroxylation sites is 1. The standard InChI is InChI=1S/C14H18ClN5O5S/c1-4-19-12(15)16-20(14(19)22)13(21)17-25-26(23)18-11-9(3)7-6-8-10(11)24-5-2/h6-8,18H,4-5H2,1-3H3,(H,17,21). The summed E-state index contributed by atoms with van der Waals surface area (Å²) in [6.07, 6.45) is 0. The van der Waals surface area contributed by atoms with E-state index < -0.39 is 23.0 Å². The highest BCUT2D eigenvalue weighted by Crippen LogP contribution is 2.28. The second kappa shape index (κ2) is 8.83. The van der Waals surface area contributed by atoms with Crippen molar-refractivity contribution in [1.29, 1.82) is 0 Å². The van der Waals surface area contributed by atoms with E-state index in [2.05, 4.69) is 9.82 Å². The molecule has 0 saturated carbocycles. The molecule has 2 N–H and O–H groups in total. The Hall–Kier alpha value is -2.37. The molecule has 10 nitrogen and oxygen atoms in total. The molecule has 142 valence electrons. The van der Waals surface area contributed by atoms with E-state index in [0.717, 1.165) is 10.1 Å². The van der Waals surface area contributed by atoms with E-state index in [1.807, 2.05) is 12.4 Å². The monoisotopic (exact) mass is 403 g/mol. The van der Waals surface area contributed by atoms with Gasteiger partial charge in [0, 0.05) is 6.54 Å². The zero-order valence-corrected chi connectivity index (χ0v) is 15.9. The fraction of sp³-hybridized carbons (Fsp3) is 0.357. The lowest BCUT2D eigenvalue weighted by Gasteiger charge is -2.13. The van der Waals surface area contributed by atoms with Gasteiger partial charge in [-0.3, -0.25) is 9.29 Å². The number of anilines is 1. The third kappa shape index (κ3) is 4.42. The third-order valence-corrected chi connectivity index (χ3v) is 4.14. The number of rotatable bonds is 7. The highest BCUT2D eigenvalue weighted by molar-refractivity contribution is 7.81. The number of nitrogens with one attached hydrogen (secondary N) is 2. The summed E-state index contributed by atoms with van der Waals surface area (Å²) in [6.45, 7) is 5.95. The number of carbonyl (C=O) groups is 1. The van der Waals surface area contributed by atoms with Crippen LogP contribution in [-0.4, -0.2) is 31.2 Å². The zero-order chi connectivity index (χ0) is 19.3. The van der Waals surface area contributed by atoms with Gasteiger partial charge >= 0.3 is 11.7 Å². The van der Waals surface area contributed by atoms with Crippen LogP contribution in [0, 0.1) is 6.92 Å². The fourth-order valence-electron chi connectivity index (χ4n) is 2.04. The Labute approximate surface area is 156 Å². The van der Waals surface area contributed by atoms with Crippen LogP contribution in [0.25, 0.3) is 0 Å². The summed E-state index contributed by atoms with van der Waals surface area (Å²) in [6, 6.07) is 4.25. The number of aryl methyl sites for hydroxylation is 1. The lowest BCUT2D eigenvalue weighted by molar-refractivity contribution is 0.187. The predicted molar refractivity (Wildman–Crippen MR) is 96.3 cm³/mol. The van der Waals surface area contributed by atoms with Gasteiger partial charge in [-0.25, -0.2) is 13.8 Å². The number of aromatic nitrogens is 3. The first-order chi connectivity index (χ1) is 12.4. The minimum Gasteiger partial charge on any atom is -0.492 e. The number of ether oxygens (including phenoxy) is 1. The molecule has 1 unspecified atom stereocenters. The first-order valence-electron chi connectivity index (χ1n) is 7.62. The first kappa shape index (κ1) is 19.9. The van der Waals surface area contributed by atoms with Crippen LogP contribution in [0.1, 0.15) is 19.4 Å². The van der Waals surface area contributed by atoms with Crippen LogP contribution in [0.2, 0.25) is 5.28 Å². The first-order valence-corrected chi connectivity index (χ1v) is 9.08. The molecule has 1 amide bonds. The normalized spacial score (nSPS) is 11.8. The second-order valence-electron chi connectivity index (χ2n) is 4.92. The Balaban J connectivity index is 2.04. The largest absolute Gasteiger partial charge is 0.492 e. The Morgan fingerprint density at radius 1 is 1.38 bits per heavy atom. The number of halogens is 1. The van der Waals surface area contributed by atoms with E-state index in [9.17, 15) is 13.8 Å². The molecule has 0 bridgehead atoms. The molecule has 1 aromatic heterocycles. The molecule has 26 heavy (non-hydrogen) atoms. The number of benzene rings is 1. The SMILES string of the molecule is CCOc1cccc(C)c1NS(=O)ONC(=O)n1nc(Cl)n(CC)c1=O. The van der Waals surface area contributed by atoms with Crippen LogP contribution < -0.4 is 20.6 Å². The van der Waals surface area contributed by atoms with Crippen LogP contribution >= 0.6 is 11.6 Å². The van der Waals surface area contributed by atoms with Crippen LogP contribution in [0.5, 0.6) is 5.75 Å². The van der Waals surface area contributed by atoms with E-state index in [1.54, 1.807) is 32.0 Å². The summed E-state index contributed by atoms with van der Waals surface area (Å²) in [5.74, 6) is 0.487. The van der Waals surface area contributed by atoms with Gasteiger partial charge in [0.15, 0.2) is 0 Å². The van der Waals surface area contributed by atoms with Gasteiger partial charge in [-0.1, -0.05) is 12.1 Å². The number of carbonyl (C=O) groups excluding carboxylic acids is 1. The van der Waals surface area contributed by atoms with E-state index in [0.29, 0.717) is 22.7 Å². The van der Waals surface area contributed by atoms with Crippen molar-refractivity contribution in [3.8, 4) is 5.75 Å². The second-order valence-corrected chi connectivity index (χ2v) is 6.09. The number of hydrogen-bond acceptors (Lipinski definition) is 6. The van der Waals surface area contributed by atoms with Crippen LogP contribution in [0.15, 0.2) is 23.0 Å². The van der Waals surface area contributed by atoms with Crippen molar-refractivity contribution < 1.29 is 18.0 Å². The Morgan fingerprint density at radius 3 is 2.73 bits per heavy atom. The maximum Gasteiger partial charge on any atom is 0.371 e. The highest BCUT2D eigenvalue weighted by atomic mass is 35.5. The van der Waals surface area contributed by atoms with Gasteiger partial charge in [-0.05, 0) is 44.0 Å².